The van der Waals surface area contributed by atoms with E-state index in [1.165, 1.54) is 24.3 Å². The summed E-state index contributed by atoms with van der Waals surface area (Å²) in [7, 11) is 0. The van der Waals surface area contributed by atoms with Gasteiger partial charge in [-0.2, -0.15) is 0 Å². The minimum absolute atomic E-state index is 0.0608. The zero-order valence-corrected chi connectivity index (χ0v) is 15.9. The summed E-state index contributed by atoms with van der Waals surface area (Å²) >= 11 is 0. The number of rotatable bonds is 5. The van der Waals surface area contributed by atoms with E-state index in [0.717, 1.165) is 16.3 Å². The van der Waals surface area contributed by atoms with Gasteiger partial charge in [0.15, 0.2) is 0 Å². The van der Waals surface area contributed by atoms with Crippen molar-refractivity contribution >= 4 is 27.6 Å². The quantitative estimate of drug-likeness (QED) is 0.497. The molecule has 4 aromatic rings. The molecule has 6 heteroatoms. The Balaban J connectivity index is 1.97. The Morgan fingerprint density at radius 3 is 2.48 bits per heavy atom. The van der Waals surface area contributed by atoms with Crippen molar-refractivity contribution in [3.8, 4) is 0 Å². The Hall–Kier alpha value is -3.25. The number of nitrogens with two attached hydrogens (primary N) is 1. The number of fused-ring (bicyclic) bond motifs is 2. The molecule has 1 aromatic heterocycles. The molecule has 148 valence electrons. The van der Waals surface area contributed by atoms with Crippen LogP contribution in [0, 0.1) is 11.6 Å². The van der Waals surface area contributed by atoms with Crippen LogP contribution in [0.1, 0.15) is 28.5 Å². The summed E-state index contributed by atoms with van der Waals surface area (Å²) < 4.78 is 34.8. The number of carbonyl (C=O) groups is 1. The molecular weight excluding hydrogens is 374 g/mol. The van der Waals surface area contributed by atoms with E-state index < -0.39 is 11.8 Å². The van der Waals surface area contributed by atoms with Gasteiger partial charge in [0.2, 0.25) is 0 Å². The second-order valence-electron chi connectivity index (χ2n) is 6.78. The Morgan fingerprint density at radius 1 is 1.03 bits per heavy atom. The van der Waals surface area contributed by atoms with E-state index in [2.05, 4.69) is 0 Å². The maximum absolute atomic E-state index is 13.9. The van der Waals surface area contributed by atoms with Gasteiger partial charge in [-0.25, -0.2) is 13.6 Å². The molecule has 0 aliphatic heterocycles. The molecule has 0 fully saturated rings. The lowest BCUT2D eigenvalue weighted by Crippen LogP contribution is -2.16. The summed E-state index contributed by atoms with van der Waals surface area (Å²) in [5.74, 6) is -1.26. The molecule has 0 aliphatic rings. The average Bonchev–Trinajstić information content (AvgIpc) is 3.01. The monoisotopic (exact) mass is 394 g/mol. The van der Waals surface area contributed by atoms with E-state index in [1.54, 1.807) is 23.6 Å². The molecule has 1 heterocycles. The molecule has 0 amide bonds. The van der Waals surface area contributed by atoms with Gasteiger partial charge in [0, 0.05) is 29.6 Å². The van der Waals surface area contributed by atoms with E-state index in [0.29, 0.717) is 22.2 Å². The highest BCUT2D eigenvalue weighted by molar-refractivity contribution is 5.99. The Morgan fingerprint density at radius 2 is 1.76 bits per heavy atom. The molecule has 0 radical (unpaired) electrons. The predicted octanol–water partition coefficient (Wildman–Crippen LogP) is 4.76. The van der Waals surface area contributed by atoms with Crippen LogP contribution in [0.5, 0.6) is 0 Å². The van der Waals surface area contributed by atoms with Crippen LogP contribution in [-0.2, 0) is 17.8 Å². The lowest BCUT2D eigenvalue weighted by atomic mass is 10.0. The number of aromatic nitrogens is 1. The molecule has 4 nitrogen and oxygen atoms in total. The van der Waals surface area contributed by atoms with E-state index in [-0.39, 0.29) is 25.5 Å². The van der Waals surface area contributed by atoms with Gasteiger partial charge in [-0.1, -0.05) is 24.3 Å². The van der Waals surface area contributed by atoms with Crippen LogP contribution in [0.2, 0.25) is 0 Å². The number of halogens is 2. The van der Waals surface area contributed by atoms with Gasteiger partial charge >= 0.3 is 5.97 Å². The van der Waals surface area contributed by atoms with Crippen LogP contribution in [0.15, 0.2) is 54.6 Å². The first kappa shape index (κ1) is 19.1. The molecule has 0 saturated carbocycles. The van der Waals surface area contributed by atoms with E-state index >= 15 is 0 Å². The summed E-state index contributed by atoms with van der Waals surface area (Å²) in [4.78, 5) is 12.8. The molecule has 29 heavy (non-hydrogen) atoms. The van der Waals surface area contributed by atoms with Gasteiger partial charge in [0.1, 0.15) is 17.3 Å². The maximum atomic E-state index is 13.9. The van der Waals surface area contributed by atoms with E-state index in [1.807, 2.05) is 18.2 Å². The maximum Gasteiger partial charge on any atom is 0.355 e. The Labute approximate surface area is 166 Å². The van der Waals surface area contributed by atoms with Crippen molar-refractivity contribution in [2.75, 3.05) is 6.61 Å². The second-order valence-corrected chi connectivity index (χ2v) is 6.78. The van der Waals surface area contributed by atoms with Crippen molar-refractivity contribution in [2.45, 2.75) is 20.0 Å². The topological polar surface area (TPSA) is 57.2 Å². The SMILES string of the molecule is CCOC(=O)c1c(CN)c2cc(F)ccc2n1Cc1cccc2ccc(F)cc12. The molecule has 0 atom stereocenters. The van der Waals surface area contributed by atoms with Gasteiger partial charge < -0.3 is 15.0 Å². The summed E-state index contributed by atoms with van der Waals surface area (Å²) in [6.45, 7) is 2.28. The fraction of sp³-hybridized carbons (Fsp3) is 0.174. The molecule has 2 N–H and O–H groups in total. The lowest BCUT2D eigenvalue weighted by molar-refractivity contribution is 0.0513. The smallest absolute Gasteiger partial charge is 0.355 e. The van der Waals surface area contributed by atoms with Crippen LogP contribution in [0.4, 0.5) is 8.78 Å². The first-order valence-corrected chi connectivity index (χ1v) is 9.38. The molecule has 0 saturated heterocycles. The molecule has 4 rings (SSSR count). The third kappa shape index (κ3) is 3.36. The standard InChI is InChI=1S/C23H20F2N2O2/c1-2-29-23(28)22-20(12-26)19-11-17(25)8-9-21(19)27(22)13-15-5-3-4-14-6-7-16(24)10-18(14)15/h3-11H,2,12-13,26H2,1H3. The van der Waals surface area contributed by atoms with Gasteiger partial charge in [-0.15, -0.1) is 0 Å². The molecule has 0 unspecified atom stereocenters. The Bertz CT molecular complexity index is 1230. The summed E-state index contributed by atoms with van der Waals surface area (Å²) in [5.41, 5.74) is 8.25. The van der Waals surface area contributed by atoms with Crippen molar-refractivity contribution in [1.29, 1.82) is 0 Å². The third-order valence-corrected chi connectivity index (χ3v) is 5.07. The van der Waals surface area contributed by atoms with Crippen LogP contribution in [0.25, 0.3) is 21.7 Å². The number of esters is 1. The van der Waals surface area contributed by atoms with Crippen LogP contribution < -0.4 is 5.73 Å². The highest BCUT2D eigenvalue weighted by Gasteiger charge is 2.24. The summed E-state index contributed by atoms with van der Waals surface area (Å²) in [5, 5.41) is 2.21. The number of hydrogen-bond acceptors (Lipinski definition) is 3. The van der Waals surface area contributed by atoms with Gasteiger partial charge in [0.05, 0.1) is 6.61 Å². The normalized spacial score (nSPS) is 11.3. The van der Waals surface area contributed by atoms with Gasteiger partial charge in [-0.05, 0) is 53.6 Å². The van der Waals surface area contributed by atoms with Crippen molar-refractivity contribution < 1.29 is 18.3 Å². The van der Waals surface area contributed by atoms with Crippen molar-refractivity contribution in [1.82, 2.24) is 4.57 Å². The van der Waals surface area contributed by atoms with Crippen LogP contribution in [0.3, 0.4) is 0 Å². The number of hydrogen-bond donors (Lipinski definition) is 1. The molecule has 0 bridgehead atoms. The van der Waals surface area contributed by atoms with Crippen molar-refractivity contribution in [3.05, 3.63) is 83.1 Å². The van der Waals surface area contributed by atoms with Gasteiger partial charge in [-0.3, -0.25) is 0 Å². The van der Waals surface area contributed by atoms with Crippen LogP contribution in [-0.4, -0.2) is 17.1 Å². The number of nitrogens with zero attached hydrogens (tertiary/aromatic N) is 1. The van der Waals surface area contributed by atoms with Crippen LogP contribution >= 0.6 is 0 Å². The van der Waals surface area contributed by atoms with E-state index in [4.69, 9.17) is 10.5 Å². The zero-order chi connectivity index (χ0) is 20.5. The number of ether oxygens (including phenoxy) is 1. The molecular formula is C23H20F2N2O2. The Kier molecular flexibility index (Phi) is 5.03. The third-order valence-electron chi connectivity index (χ3n) is 5.07. The lowest BCUT2D eigenvalue weighted by Gasteiger charge is -2.13. The average molecular weight is 394 g/mol. The largest absolute Gasteiger partial charge is 0.461 e. The summed E-state index contributed by atoms with van der Waals surface area (Å²) in [6, 6.07) is 14.6. The molecule has 3 aromatic carbocycles. The molecule has 0 spiro atoms. The minimum atomic E-state index is -0.518. The fourth-order valence-corrected chi connectivity index (χ4v) is 3.82. The number of benzene rings is 3. The summed E-state index contributed by atoms with van der Waals surface area (Å²) in [6.07, 6.45) is 0. The number of carbonyl (C=O) groups excluding carboxylic acids is 1. The van der Waals surface area contributed by atoms with Gasteiger partial charge in [0.25, 0.3) is 0 Å². The fourth-order valence-electron chi connectivity index (χ4n) is 3.82. The minimum Gasteiger partial charge on any atom is -0.461 e. The highest BCUT2D eigenvalue weighted by atomic mass is 19.1. The van der Waals surface area contributed by atoms with Crippen molar-refractivity contribution in [2.24, 2.45) is 5.73 Å². The van der Waals surface area contributed by atoms with Crippen molar-refractivity contribution in [3.63, 3.8) is 0 Å². The first-order valence-electron chi connectivity index (χ1n) is 9.38. The first-order chi connectivity index (χ1) is 14.0. The predicted molar refractivity (Wildman–Crippen MR) is 109 cm³/mol. The second kappa shape index (κ2) is 7.64. The van der Waals surface area contributed by atoms with E-state index in [9.17, 15) is 13.6 Å². The zero-order valence-electron chi connectivity index (χ0n) is 15.9. The highest BCUT2D eigenvalue weighted by Crippen LogP contribution is 2.30. The molecule has 0 aliphatic carbocycles.